The Morgan fingerprint density at radius 1 is 1.35 bits per heavy atom. The number of hydrogen-bond donors (Lipinski definition) is 1. The molecule has 0 heterocycles. The first-order chi connectivity index (χ1) is 9.63. The number of nitrogens with zero attached hydrogens (tertiary/aromatic N) is 1. The Balaban J connectivity index is 2.17. The van der Waals surface area contributed by atoms with Crippen molar-refractivity contribution >= 4 is 11.7 Å². The van der Waals surface area contributed by atoms with E-state index in [0.717, 1.165) is 18.4 Å². The van der Waals surface area contributed by atoms with Crippen LogP contribution in [0.1, 0.15) is 25.3 Å². The predicted molar refractivity (Wildman–Crippen MR) is 75.5 cm³/mol. The molecule has 1 aromatic rings. The van der Waals surface area contributed by atoms with Gasteiger partial charge in [-0.05, 0) is 24.9 Å². The maximum atomic E-state index is 11.3. The Hall–Kier alpha value is -1.95. The second-order valence-electron chi connectivity index (χ2n) is 4.42. The zero-order valence-electron chi connectivity index (χ0n) is 11.6. The molecule has 0 aliphatic heterocycles. The molecule has 1 rings (SSSR count). The van der Waals surface area contributed by atoms with Crippen molar-refractivity contribution in [2.75, 3.05) is 19.7 Å². The summed E-state index contributed by atoms with van der Waals surface area (Å²) in [4.78, 5) is 21.4. The minimum atomic E-state index is -0.422. The van der Waals surface area contributed by atoms with E-state index in [2.05, 4.69) is 5.32 Å². The van der Waals surface area contributed by atoms with Crippen LogP contribution in [0.3, 0.4) is 0 Å². The average molecular weight is 280 g/mol. The van der Waals surface area contributed by atoms with E-state index in [4.69, 9.17) is 4.74 Å². The van der Waals surface area contributed by atoms with Gasteiger partial charge in [-0.2, -0.15) is 0 Å². The summed E-state index contributed by atoms with van der Waals surface area (Å²) in [5.74, 6) is -0.248. The highest BCUT2D eigenvalue weighted by Crippen LogP contribution is 2.11. The van der Waals surface area contributed by atoms with E-state index in [1.165, 1.54) is 12.1 Å². The zero-order valence-corrected chi connectivity index (χ0v) is 11.6. The van der Waals surface area contributed by atoms with Crippen molar-refractivity contribution in [2.45, 2.75) is 26.2 Å². The Morgan fingerprint density at radius 3 is 2.65 bits per heavy atom. The van der Waals surface area contributed by atoms with Crippen LogP contribution in [0.5, 0.6) is 0 Å². The summed E-state index contributed by atoms with van der Waals surface area (Å²) in [5, 5.41) is 13.5. The number of benzene rings is 1. The maximum absolute atomic E-state index is 11.3. The number of unbranched alkanes of at least 4 members (excludes halogenated alkanes) is 1. The van der Waals surface area contributed by atoms with Crippen molar-refractivity contribution in [3.05, 3.63) is 39.9 Å². The molecule has 0 aliphatic rings. The summed E-state index contributed by atoms with van der Waals surface area (Å²) in [7, 11) is 0. The van der Waals surface area contributed by atoms with Crippen molar-refractivity contribution < 1.29 is 14.5 Å². The van der Waals surface area contributed by atoms with Crippen LogP contribution in [0.2, 0.25) is 0 Å². The Morgan fingerprint density at radius 2 is 2.05 bits per heavy atom. The lowest BCUT2D eigenvalue weighted by Gasteiger charge is -2.06. The number of nitro benzene ring substituents is 1. The van der Waals surface area contributed by atoms with Crippen molar-refractivity contribution in [3.8, 4) is 0 Å². The predicted octanol–water partition coefficient (Wildman–Crippen LogP) is 2.07. The molecule has 0 fully saturated rings. The molecule has 0 saturated carbocycles. The smallest absolute Gasteiger partial charge is 0.319 e. The van der Waals surface area contributed by atoms with Crippen LogP contribution in [0.15, 0.2) is 24.3 Å². The van der Waals surface area contributed by atoms with Gasteiger partial charge < -0.3 is 10.1 Å². The number of nitro groups is 1. The molecule has 0 radical (unpaired) electrons. The third-order valence-corrected chi connectivity index (χ3v) is 2.77. The first kappa shape index (κ1) is 16.1. The van der Waals surface area contributed by atoms with Crippen LogP contribution in [0.4, 0.5) is 5.69 Å². The van der Waals surface area contributed by atoms with Gasteiger partial charge in [0.2, 0.25) is 0 Å². The SMILES string of the molecule is CCCCOC(=O)CNCCc1ccc([N+](=O)[O-])cc1. The fraction of sp³-hybridized carbons (Fsp3) is 0.500. The monoisotopic (exact) mass is 280 g/mol. The van der Waals surface area contributed by atoms with Gasteiger partial charge in [0.15, 0.2) is 0 Å². The van der Waals surface area contributed by atoms with E-state index < -0.39 is 4.92 Å². The zero-order chi connectivity index (χ0) is 14.8. The number of esters is 1. The number of carbonyl (C=O) groups excluding carboxylic acids is 1. The molecule has 0 amide bonds. The molecule has 0 aliphatic carbocycles. The van der Waals surface area contributed by atoms with Gasteiger partial charge in [-0.3, -0.25) is 14.9 Å². The molecule has 0 saturated heterocycles. The van der Waals surface area contributed by atoms with Gasteiger partial charge in [-0.15, -0.1) is 0 Å². The summed E-state index contributed by atoms with van der Waals surface area (Å²) >= 11 is 0. The maximum Gasteiger partial charge on any atom is 0.319 e. The summed E-state index contributed by atoms with van der Waals surface area (Å²) in [6.45, 7) is 3.33. The van der Waals surface area contributed by atoms with Gasteiger partial charge in [-0.1, -0.05) is 25.5 Å². The topological polar surface area (TPSA) is 81.5 Å². The van der Waals surface area contributed by atoms with E-state index in [-0.39, 0.29) is 18.2 Å². The molecular formula is C14H20N2O4. The number of hydrogen-bond acceptors (Lipinski definition) is 5. The van der Waals surface area contributed by atoms with Crippen LogP contribution < -0.4 is 5.32 Å². The van der Waals surface area contributed by atoms with Gasteiger partial charge in [0.25, 0.3) is 5.69 Å². The Labute approximate surface area is 118 Å². The quantitative estimate of drug-likeness (QED) is 0.324. The van der Waals surface area contributed by atoms with Crippen LogP contribution >= 0.6 is 0 Å². The van der Waals surface area contributed by atoms with Crippen molar-refractivity contribution in [2.24, 2.45) is 0 Å². The first-order valence-electron chi connectivity index (χ1n) is 6.73. The van der Waals surface area contributed by atoms with E-state index in [0.29, 0.717) is 19.6 Å². The first-order valence-corrected chi connectivity index (χ1v) is 6.73. The molecule has 20 heavy (non-hydrogen) atoms. The van der Waals surface area contributed by atoms with Gasteiger partial charge in [0.05, 0.1) is 18.1 Å². The van der Waals surface area contributed by atoms with Crippen LogP contribution in [-0.2, 0) is 16.0 Å². The number of rotatable bonds is 9. The lowest BCUT2D eigenvalue weighted by molar-refractivity contribution is -0.384. The van der Waals surface area contributed by atoms with Crippen molar-refractivity contribution in [3.63, 3.8) is 0 Å². The van der Waals surface area contributed by atoms with E-state index in [9.17, 15) is 14.9 Å². The highest BCUT2D eigenvalue weighted by molar-refractivity contribution is 5.71. The molecule has 0 aromatic heterocycles. The number of non-ortho nitro benzene ring substituents is 1. The average Bonchev–Trinajstić information content (AvgIpc) is 2.44. The fourth-order valence-corrected chi connectivity index (χ4v) is 1.59. The molecule has 6 nitrogen and oxygen atoms in total. The highest BCUT2D eigenvalue weighted by Gasteiger charge is 2.04. The minimum Gasteiger partial charge on any atom is -0.465 e. The summed E-state index contributed by atoms with van der Waals surface area (Å²) in [6, 6.07) is 6.40. The Kier molecular flexibility index (Phi) is 7.27. The molecule has 0 spiro atoms. The van der Waals surface area contributed by atoms with Gasteiger partial charge in [0.1, 0.15) is 0 Å². The molecule has 0 bridgehead atoms. The van der Waals surface area contributed by atoms with Gasteiger partial charge in [-0.25, -0.2) is 0 Å². The van der Waals surface area contributed by atoms with Gasteiger partial charge >= 0.3 is 5.97 Å². The number of carbonyl (C=O) groups is 1. The van der Waals surface area contributed by atoms with Crippen molar-refractivity contribution in [1.82, 2.24) is 5.32 Å². The van der Waals surface area contributed by atoms with Crippen LogP contribution in [0, 0.1) is 10.1 Å². The summed E-state index contributed by atoms with van der Waals surface area (Å²) < 4.78 is 5.00. The number of ether oxygens (including phenoxy) is 1. The lowest BCUT2D eigenvalue weighted by Crippen LogP contribution is -2.26. The molecule has 0 atom stereocenters. The van der Waals surface area contributed by atoms with Crippen LogP contribution in [-0.4, -0.2) is 30.6 Å². The molecule has 1 N–H and O–H groups in total. The van der Waals surface area contributed by atoms with Crippen LogP contribution in [0.25, 0.3) is 0 Å². The fourth-order valence-electron chi connectivity index (χ4n) is 1.59. The lowest BCUT2D eigenvalue weighted by atomic mass is 10.1. The molecule has 110 valence electrons. The van der Waals surface area contributed by atoms with Gasteiger partial charge in [0, 0.05) is 12.1 Å². The highest BCUT2D eigenvalue weighted by atomic mass is 16.6. The van der Waals surface area contributed by atoms with E-state index >= 15 is 0 Å². The van der Waals surface area contributed by atoms with E-state index in [1.807, 2.05) is 6.92 Å². The number of nitrogens with one attached hydrogen (secondary N) is 1. The summed E-state index contributed by atoms with van der Waals surface area (Å²) in [5.41, 5.74) is 1.07. The van der Waals surface area contributed by atoms with Crippen molar-refractivity contribution in [1.29, 1.82) is 0 Å². The third kappa shape index (κ3) is 6.29. The largest absolute Gasteiger partial charge is 0.465 e. The molecular weight excluding hydrogens is 260 g/mol. The third-order valence-electron chi connectivity index (χ3n) is 2.77. The second-order valence-corrected chi connectivity index (χ2v) is 4.42. The van der Waals surface area contributed by atoms with E-state index in [1.54, 1.807) is 12.1 Å². The normalized spacial score (nSPS) is 10.2. The Bertz CT molecular complexity index is 431. The standard InChI is InChI=1S/C14H20N2O4/c1-2-3-10-20-14(17)11-15-9-8-12-4-6-13(7-5-12)16(18)19/h4-7,15H,2-3,8-11H2,1H3. The molecule has 6 heteroatoms. The minimum absolute atomic E-state index is 0.0845. The second kappa shape index (κ2) is 9.03. The summed E-state index contributed by atoms with van der Waals surface area (Å²) in [6.07, 6.45) is 2.59. The molecule has 0 unspecified atom stereocenters. The molecule has 1 aromatic carbocycles.